The van der Waals surface area contributed by atoms with Gasteiger partial charge < -0.3 is 10.1 Å². The van der Waals surface area contributed by atoms with Gasteiger partial charge in [-0.25, -0.2) is 4.48 Å². The molecule has 88 valence electrons. The molecule has 0 radical (unpaired) electrons. The quantitative estimate of drug-likeness (QED) is 0.671. The van der Waals surface area contributed by atoms with Crippen molar-refractivity contribution in [1.29, 1.82) is 0 Å². The molecule has 1 aliphatic rings. The Balaban J connectivity index is 2.68. The second-order valence-corrected chi connectivity index (χ2v) is 5.14. The maximum atomic E-state index is 12.1. The second-order valence-electron chi connectivity index (χ2n) is 5.14. The van der Waals surface area contributed by atoms with E-state index in [1.165, 1.54) is 0 Å². The number of quaternary nitrogens is 1. The van der Waals surface area contributed by atoms with Crippen LogP contribution in [0.5, 0.6) is 0 Å². The van der Waals surface area contributed by atoms with Crippen LogP contribution in [0.2, 0.25) is 0 Å². The van der Waals surface area contributed by atoms with Gasteiger partial charge in [0.1, 0.15) is 18.7 Å². The smallest absolute Gasteiger partial charge is 0.414 e. The third kappa shape index (κ3) is 3.18. The van der Waals surface area contributed by atoms with E-state index >= 15 is 0 Å². The van der Waals surface area contributed by atoms with Gasteiger partial charge in [0.15, 0.2) is 0 Å². The number of hydrogen-bond donors (Lipinski definition) is 1. The van der Waals surface area contributed by atoms with E-state index in [0.29, 0.717) is 4.48 Å². The van der Waals surface area contributed by atoms with Gasteiger partial charge in [0.2, 0.25) is 0 Å². The number of carbonyl (C=O) groups excluding carboxylic acids is 1. The Morgan fingerprint density at radius 2 is 1.87 bits per heavy atom. The molecule has 0 unspecified atom stereocenters. The van der Waals surface area contributed by atoms with Gasteiger partial charge in [-0.2, -0.15) is 4.79 Å². The van der Waals surface area contributed by atoms with Crippen LogP contribution in [0, 0.1) is 0 Å². The third-order valence-electron chi connectivity index (χ3n) is 2.82. The molecule has 4 nitrogen and oxygen atoms in total. The van der Waals surface area contributed by atoms with Gasteiger partial charge in [0.25, 0.3) is 0 Å². The number of rotatable bonds is 1. The monoisotopic (exact) mass is 215 g/mol. The van der Waals surface area contributed by atoms with Gasteiger partial charge in [-0.1, -0.05) is 0 Å². The van der Waals surface area contributed by atoms with Gasteiger partial charge >= 0.3 is 6.09 Å². The van der Waals surface area contributed by atoms with E-state index in [0.717, 1.165) is 32.7 Å². The highest BCUT2D eigenvalue weighted by Gasteiger charge is 2.40. The molecule has 0 aromatic carbocycles. The topological polar surface area (TPSA) is 38.3 Å². The van der Waals surface area contributed by atoms with Gasteiger partial charge in [-0.05, 0) is 27.7 Å². The maximum absolute atomic E-state index is 12.1. The Morgan fingerprint density at radius 1 is 1.33 bits per heavy atom. The summed E-state index contributed by atoms with van der Waals surface area (Å²) in [6, 6.07) is 0. The molecular weight excluding hydrogens is 192 g/mol. The number of ether oxygens (including phenoxy) is 1. The molecular formula is C11H23N2O2+. The largest absolute Gasteiger partial charge is 0.516 e. The molecule has 1 N–H and O–H groups in total. The van der Waals surface area contributed by atoms with Crippen LogP contribution < -0.4 is 5.32 Å². The summed E-state index contributed by atoms with van der Waals surface area (Å²) in [5.74, 6) is 0. The van der Waals surface area contributed by atoms with Crippen LogP contribution in [-0.4, -0.2) is 48.9 Å². The first-order valence-corrected chi connectivity index (χ1v) is 5.70. The lowest BCUT2D eigenvalue weighted by molar-refractivity contribution is -0.858. The summed E-state index contributed by atoms with van der Waals surface area (Å²) in [6.07, 6.45) is -0.0773. The van der Waals surface area contributed by atoms with Crippen molar-refractivity contribution in [2.45, 2.75) is 33.3 Å². The standard InChI is InChI=1S/C11H23N2O2/c1-5-13(8-6-12-7-9-13)10(14)15-11(2,3)4/h12H,5-9H2,1-4H3/q+1. The fourth-order valence-corrected chi connectivity index (χ4v) is 1.81. The lowest BCUT2D eigenvalue weighted by atomic mass is 10.2. The van der Waals surface area contributed by atoms with Crippen molar-refractivity contribution in [2.75, 3.05) is 32.7 Å². The third-order valence-corrected chi connectivity index (χ3v) is 2.82. The summed E-state index contributed by atoms with van der Waals surface area (Å²) < 4.78 is 5.94. The van der Waals surface area contributed by atoms with Crippen LogP contribution in [0.3, 0.4) is 0 Å². The highest BCUT2D eigenvalue weighted by Crippen LogP contribution is 2.17. The second kappa shape index (κ2) is 4.49. The van der Waals surface area contributed by atoms with Gasteiger partial charge in [-0.3, -0.25) is 0 Å². The van der Waals surface area contributed by atoms with Crippen molar-refractivity contribution in [3.05, 3.63) is 0 Å². The molecule has 15 heavy (non-hydrogen) atoms. The Morgan fingerprint density at radius 3 is 2.27 bits per heavy atom. The molecule has 0 aromatic heterocycles. The van der Waals surface area contributed by atoms with Crippen LogP contribution >= 0.6 is 0 Å². The van der Waals surface area contributed by atoms with E-state index in [1.54, 1.807) is 0 Å². The van der Waals surface area contributed by atoms with Crippen LogP contribution in [0.15, 0.2) is 0 Å². The summed E-state index contributed by atoms with van der Waals surface area (Å²) in [4.78, 5) is 12.1. The van der Waals surface area contributed by atoms with E-state index in [1.807, 2.05) is 20.8 Å². The molecule has 0 aliphatic carbocycles. The Kier molecular flexibility index (Phi) is 3.73. The molecule has 1 saturated heterocycles. The first-order chi connectivity index (χ1) is 6.90. The molecule has 0 saturated carbocycles. The number of carbonyl (C=O) groups is 1. The molecule has 0 aromatic rings. The summed E-state index contributed by atoms with van der Waals surface area (Å²) in [5.41, 5.74) is -0.387. The van der Waals surface area contributed by atoms with E-state index in [2.05, 4.69) is 12.2 Å². The Hall–Kier alpha value is -0.610. The fourth-order valence-electron chi connectivity index (χ4n) is 1.81. The summed E-state index contributed by atoms with van der Waals surface area (Å²) in [6.45, 7) is 12.1. The zero-order valence-electron chi connectivity index (χ0n) is 10.3. The normalized spacial score (nSPS) is 21.1. The molecule has 0 bridgehead atoms. The summed E-state index contributed by atoms with van der Waals surface area (Å²) in [7, 11) is 0. The Bertz CT molecular complexity index is 227. The number of piperazine rings is 1. The molecule has 1 fully saturated rings. The fraction of sp³-hybridized carbons (Fsp3) is 0.909. The lowest BCUT2D eigenvalue weighted by Crippen LogP contribution is -2.62. The van der Waals surface area contributed by atoms with Gasteiger partial charge in [-0.15, -0.1) is 0 Å². The average molecular weight is 215 g/mol. The van der Waals surface area contributed by atoms with E-state index in [9.17, 15) is 4.79 Å². The molecule has 1 amide bonds. The minimum absolute atomic E-state index is 0.0773. The highest BCUT2D eigenvalue weighted by molar-refractivity contribution is 5.60. The predicted octanol–water partition coefficient (Wildman–Crippen LogP) is 1.36. The molecule has 0 spiro atoms. The average Bonchev–Trinajstić information content (AvgIpc) is 2.16. The SMILES string of the molecule is CC[N+]1(C(=O)OC(C)(C)C)CCNCC1. The van der Waals surface area contributed by atoms with E-state index in [4.69, 9.17) is 4.74 Å². The molecule has 1 aliphatic heterocycles. The van der Waals surface area contributed by atoms with Crippen molar-refractivity contribution >= 4 is 6.09 Å². The molecule has 1 heterocycles. The predicted molar refractivity (Wildman–Crippen MR) is 59.6 cm³/mol. The number of nitrogens with zero attached hydrogens (tertiary/aromatic N) is 1. The minimum Gasteiger partial charge on any atom is -0.414 e. The minimum atomic E-state index is -0.387. The van der Waals surface area contributed by atoms with Crippen molar-refractivity contribution < 1.29 is 14.0 Å². The van der Waals surface area contributed by atoms with Crippen LogP contribution in [-0.2, 0) is 4.74 Å². The van der Waals surface area contributed by atoms with Crippen molar-refractivity contribution in [3.63, 3.8) is 0 Å². The van der Waals surface area contributed by atoms with Crippen molar-refractivity contribution in [3.8, 4) is 0 Å². The number of nitrogens with one attached hydrogen (secondary N) is 1. The van der Waals surface area contributed by atoms with Crippen molar-refractivity contribution in [1.82, 2.24) is 5.32 Å². The zero-order valence-corrected chi connectivity index (χ0v) is 10.3. The first-order valence-electron chi connectivity index (χ1n) is 5.70. The first kappa shape index (κ1) is 12.5. The molecule has 1 rings (SSSR count). The lowest BCUT2D eigenvalue weighted by Gasteiger charge is -2.38. The summed E-state index contributed by atoms with van der Waals surface area (Å²) in [5, 5.41) is 3.27. The number of likely N-dealkylation sites (N-methyl/N-ethyl adjacent to an activating group) is 1. The molecule has 0 atom stereocenters. The van der Waals surface area contributed by atoms with Crippen LogP contribution in [0.25, 0.3) is 0 Å². The van der Waals surface area contributed by atoms with E-state index in [-0.39, 0.29) is 11.7 Å². The van der Waals surface area contributed by atoms with E-state index < -0.39 is 0 Å². The Labute approximate surface area is 92.2 Å². The van der Waals surface area contributed by atoms with Crippen molar-refractivity contribution in [2.24, 2.45) is 0 Å². The summed E-state index contributed by atoms with van der Waals surface area (Å²) >= 11 is 0. The highest BCUT2D eigenvalue weighted by atomic mass is 16.6. The molecule has 4 heteroatoms. The maximum Gasteiger partial charge on any atom is 0.516 e. The zero-order chi connectivity index (χ0) is 11.5. The number of hydrogen-bond acceptors (Lipinski definition) is 3. The van der Waals surface area contributed by atoms with Crippen LogP contribution in [0.4, 0.5) is 4.79 Å². The van der Waals surface area contributed by atoms with Crippen LogP contribution in [0.1, 0.15) is 27.7 Å². The number of amides is 1. The van der Waals surface area contributed by atoms with Gasteiger partial charge in [0, 0.05) is 13.1 Å². The van der Waals surface area contributed by atoms with Gasteiger partial charge in [0.05, 0.1) is 6.54 Å².